The molecule has 0 spiro atoms. The van der Waals surface area contributed by atoms with Crippen LogP contribution in [-0.2, 0) is 6.54 Å². The molecule has 72 valence electrons. The number of benzene rings is 1. The first-order valence-corrected chi connectivity index (χ1v) is 3.85. The van der Waals surface area contributed by atoms with Crippen LogP contribution in [0, 0.1) is 17.1 Å². The summed E-state index contributed by atoms with van der Waals surface area (Å²) >= 11 is 0. The van der Waals surface area contributed by atoms with Gasteiger partial charge < -0.3 is 11.1 Å². The normalized spacial score (nSPS) is 9.14. The van der Waals surface area contributed by atoms with Crippen LogP contribution < -0.4 is 11.1 Å². The van der Waals surface area contributed by atoms with Gasteiger partial charge in [0.2, 0.25) is 0 Å². The largest absolute Gasteiger partial charge is 0.352 e. The van der Waals surface area contributed by atoms with Gasteiger partial charge in [-0.1, -0.05) is 6.07 Å². The summed E-state index contributed by atoms with van der Waals surface area (Å²) in [5.41, 5.74) is 5.43. The first-order valence-electron chi connectivity index (χ1n) is 3.85. The summed E-state index contributed by atoms with van der Waals surface area (Å²) in [7, 11) is 0. The van der Waals surface area contributed by atoms with Gasteiger partial charge in [-0.15, -0.1) is 0 Å². The summed E-state index contributed by atoms with van der Waals surface area (Å²) in [6.07, 6.45) is 0. The number of urea groups is 1. The van der Waals surface area contributed by atoms with E-state index in [4.69, 9.17) is 11.0 Å². The lowest BCUT2D eigenvalue weighted by Gasteiger charge is -2.02. The molecule has 0 heterocycles. The van der Waals surface area contributed by atoms with Gasteiger partial charge in [-0.25, -0.2) is 9.18 Å². The Morgan fingerprint density at radius 3 is 2.93 bits per heavy atom. The minimum atomic E-state index is -0.659. The minimum Gasteiger partial charge on any atom is -0.352 e. The van der Waals surface area contributed by atoms with Gasteiger partial charge in [-0.05, 0) is 17.7 Å². The Morgan fingerprint density at radius 1 is 1.64 bits per heavy atom. The number of nitriles is 1. The number of hydrogen-bond donors (Lipinski definition) is 2. The maximum Gasteiger partial charge on any atom is 0.312 e. The molecule has 3 N–H and O–H groups in total. The van der Waals surface area contributed by atoms with Crippen LogP contribution in [-0.4, -0.2) is 6.03 Å². The number of primary amides is 1. The molecular weight excluding hydrogens is 185 g/mol. The van der Waals surface area contributed by atoms with Crippen LogP contribution in [0.2, 0.25) is 0 Å². The van der Waals surface area contributed by atoms with Gasteiger partial charge in [0.25, 0.3) is 0 Å². The molecule has 1 aromatic rings. The molecule has 4 nitrogen and oxygen atoms in total. The highest BCUT2D eigenvalue weighted by atomic mass is 19.1. The number of carbonyl (C=O) groups excluding carboxylic acids is 1. The molecule has 1 rings (SSSR count). The second kappa shape index (κ2) is 4.23. The topological polar surface area (TPSA) is 78.9 Å². The average Bonchev–Trinajstić information content (AvgIpc) is 2.16. The second-order valence-electron chi connectivity index (χ2n) is 2.64. The van der Waals surface area contributed by atoms with Gasteiger partial charge in [0, 0.05) is 6.54 Å². The highest BCUT2D eigenvalue weighted by molar-refractivity contribution is 5.71. The standard InChI is InChI=1S/C9H8FN3O/c10-8-2-1-6(3-7(8)4-11)5-13-9(12)14/h1-3H,5H2,(H3,12,13,14). The van der Waals surface area contributed by atoms with Crippen LogP contribution in [0.4, 0.5) is 9.18 Å². The van der Waals surface area contributed by atoms with E-state index in [0.717, 1.165) is 0 Å². The second-order valence-corrected chi connectivity index (χ2v) is 2.64. The van der Waals surface area contributed by atoms with Crippen molar-refractivity contribution in [3.05, 3.63) is 35.1 Å². The van der Waals surface area contributed by atoms with E-state index < -0.39 is 11.8 Å². The fourth-order valence-corrected chi connectivity index (χ4v) is 0.957. The monoisotopic (exact) mass is 193 g/mol. The molecule has 14 heavy (non-hydrogen) atoms. The maximum absolute atomic E-state index is 12.8. The highest BCUT2D eigenvalue weighted by Gasteiger charge is 2.02. The third kappa shape index (κ3) is 2.45. The molecular formula is C9H8FN3O. The Hall–Kier alpha value is -2.09. The van der Waals surface area contributed by atoms with Crippen molar-refractivity contribution in [3.8, 4) is 6.07 Å². The van der Waals surface area contributed by atoms with E-state index in [1.807, 2.05) is 0 Å². The third-order valence-corrected chi connectivity index (χ3v) is 1.62. The van der Waals surface area contributed by atoms with E-state index >= 15 is 0 Å². The van der Waals surface area contributed by atoms with Crippen molar-refractivity contribution in [2.45, 2.75) is 6.54 Å². The Labute approximate surface area is 80.1 Å². The molecule has 1 aromatic carbocycles. The molecule has 0 saturated carbocycles. The molecule has 0 bridgehead atoms. The molecule has 0 saturated heterocycles. The van der Waals surface area contributed by atoms with Crippen molar-refractivity contribution in [1.29, 1.82) is 5.26 Å². The fraction of sp³-hybridized carbons (Fsp3) is 0.111. The summed E-state index contributed by atoms with van der Waals surface area (Å²) in [5, 5.41) is 10.9. The summed E-state index contributed by atoms with van der Waals surface area (Å²) in [4.78, 5) is 10.4. The van der Waals surface area contributed by atoms with Crippen molar-refractivity contribution in [2.24, 2.45) is 5.73 Å². The third-order valence-electron chi connectivity index (χ3n) is 1.62. The Kier molecular flexibility index (Phi) is 3.02. The highest BCUT2D eigenvalue weighted by Crippen LogP contribution is 2.08. The number of nitrogens with two attached hydrogens (primary N) is 1. The first kappa shape index (κ1) is 9.99. The molecule has 0 aliphatic carbocycles. The average molecular weight is 193 g/mol. The smallest absolute Gasteiger partial charge is 0.312 e. The lowest BCUT2D eigenvalue weighted by Crippen LogP contribution is -2.28. The predicted octanol–water partition coefficient (Wildman–Crippen LogP) is 0.866. The number of amides is 2. The Balaban J connectivity index is 2.80. The molecule has 2 amide bonds. The SMILES string of the molecule is N#Cc1cc(CNC(N)=O)ccc1F. The van der Waals surface area contributed by atoms with Crippen LogP contribution in [0.3, 0.4) is 0 Å². The van der Waals surface area contributed by atoms with E-state index in [0.29, 0.717) is 5.56 Å². The van der Waals surface area contributed by atoms with Crippen LogP contribution in [0.5, 0.6) is 0 Å². The van der Waals surface area contributed by atoms with Crippen molar-refractivity contribution < 1.29 is 9.18 Å². The Bertz CT molecular complexity index is 398. The molecule has 0 fully saturated rings. The maximum atomic E-state index is 12.8. The van der Waals surface area contributed by atoms with Crippen molar-refractivity contribution in [1.82, 2.24) is 5.32 Å². The zero-order valence-electron chi connectivity index (χ0n) is 7.25. The van der Waals surface area contributed by atoms with E-state index in [1.165, 1.54) is 18.2 Å². The van der Waals surface area contributed by atoms with Crippen LogP contribution >= 0.6 is 0 Å². The number of hydrogen-bond acceptors (Lipinski definition) is 2. The van der Waals surface area contributed by atoms with E-state index in [-0.39, 0.29) is 12.1 Å². The van der Waals surface area contributed by atoms with Crippen LogP contribution in [0.25, 0.3) is 0 Å². The van der Waals surface area contributed by atoms with Gasteiger partial charge in [-0.3, -0.25) is 0 Å². The van der Waals surface area contributed by atoms with Gasteiger partial charge in [0.1, 0.15) is 11.9 Å². The minimum absolute atomic E-state index is 0.0474. The molecule has 0 unspecified atom stereocenters. The molecule has 0 aliphatic heterocycles. The van der Waals surface area contributed by atoms with Crippen molar-refractivity contribution in [3.63, 3.8) is 0 Å². The van der Waals surface area contributed by atoms with E-state index in [2.05, 4.69) is 5.32 Å². The molecule has 0 radical (unpaired) electrons. The lowest BCUT2D eigenvalue weighted by atomic mass is 10.1. The lowest BCUT2D eigenvalue weighted by molar-refractivity contribution is 0.248. The van der Waals surface area contributed by atoms with Gasteiger partial charge >= 0.3 is 6.03 Å². The molecule has 0 aromatic heterocycles. The van der Waals surface area contributed by atoms with E-state index in [1.54, 1.807) is 6.07 Å². The summed E-state index contributed by atoms with van der Waals surface area (Å²) in [6.45, 7) is 0.185. The van der Waals surface area contributed by atoms with Gasteiger partial charge in [-0.2, -0.15) is 5.26 Å². The number of carbonyl (C=O) groups is 1. The quantitative estimate of drug-likeness (QED) is 0.730. The summed E-state index contributed by atoms with van der Waals surface area (Å²) in [6, 6.07) is 5.07. The number of nitrogens with zero attached hydrogens (tertiary/aromatic N) is 1. The van der Waals surface area contributed by atoms with Gasteiger partial charge in [0.05, 0.1) is 5.56 Å². The van der Waals surface area contributed by atoms with Crippen LogP contribution in [0.1, 0.15) is 11.1 Å². The Morgan fingerprint density at radius 2 is 2.36 bits per heavy atom. The number of halogens is 1. The zero-order valence-corrected chi connectivity index (χ0v) is 7.25. The van der Waals surface area contributed by atoms with Crippen molar-refractivity contribution >= 4 is 6.03 Å². The van der Waals surface area contributed by atoms with Crippen molar-refractivity contribution in [2.75, 3.05) is 0 Å². The summed E-state index contributed by atoms with van der Waals surface area (Å²) < 4.78 is 12.8. The molecule has 5 heteroatoms. The van der Waals surface area contributed by atoms with E-state index in [9.17, 15) is 9.18 Å². The fourth-order valence-electron chi connectivity index (χ4n) is 0.957. The predicted molar refractivity (Wildman–Crippen MR) is 47.5 cm³/mol. The summed E-state index contributed by atoms with van der Waals surface area (Å²) in [5.74, 6) is -0.574. The first-order chi connectivity index (χ1) is 6.63. The number of nitrogens with one attached hydrogen (secondary N) is 1. The molecule has 0 aliphatic rings. The number of rotatable bonds is 2. The van der Waals surface area contributed by atoms with Gasteiger partial charge in [0.15, 0.2) is 0 Å². The van der Waals surface area contributed by atoms with Crippen LogP contribution in [0.15, 0.2) is 18.2 Å². The molecule has 0 atom stereocenters. The zero-order chi connectivity index (χ0) is 10.6.